The number of hydrogen-bond acceptors (Lipinski definition) is 5. The van der Waals surface area contributed by atoms with Gasteiger partial charge in [-0.05, 0) is 74.2 Å². The first-order chi connectivity index (χ1) is 15.4. The number of nitrogens with zero attached hydrogens (tertiary/aromatic N) is 1. The van der Waals surface area contributed by atoms with Crippen LogP contribution in [0.25, 0.3) is 17.0 Å². The first kappa shape index (κ1) is 22.1. The highest BCUT2D eigenvalue weighted by atomic mass is 79.9. The second kappa shape index (κ2) is 9.58. The maximum Gasteiger partial charge on any atom is 0.307 e. The number of carbonyl (C=O) groups is 1. The van der Waals surface area contributed by atoms with Gasteiger partial charge in [0.2, 0.25) is 5.89 Å². The number of oxazole rings is 1. The van der Waals surface area contributed by atoms with Crippen molar-refractivity contribution >= 4 is 43.4 Å². The molecule has 32 heavy (non-hydrogen) atoms. The van der Waals surface area contributed by atoms with Gasteiger partial charge in [-0.15, -0.1) is 0 Å². The normalized spacial score (nSPS) is 13.0. The summed E-state index contributed by atoms with van der Waals surface area (Å²) in [4.78, 5) is 15.5. The summed E-state index contributed by atoms with van der Waals surface area (Å²) in [5.41, 5.74) is 2.58. The third-order valence-electron chi connectivity index (χ3n) is 4.61. The standard InChI is InChI=1S/C24H17Br2NO5/c25-18-9-14(11-22(29)30)10-19(26)23(18)32-16-7-8-21(28)17(12-16)24-27-20(13-31-24)15-5-3-1-2-4-6-15/h1,3-10,12-13,28H,2,11H2,(H,29,30). The van der Waals surface area contributed by atoms with Gasteiger partial charge in [-0.2, -0.15) is 0 Å². The van der Waals surface area contributed by atoms with E-state index in [9.17, 15) is 9.90 Å². The number of aromatic hydroxyl groups is 1. The molecule has 3 aromatic rings. The van der Waals surface area contributed by atoms with Gasteiger partial charge >= 0.3 is 5.97 Å². The van der Waals surface area contributed by atoms with Gasteiger partial charge in [0.15, 0.2) is 5.75 Å². The Morgan fingerprint density at radius 2 is 1.94 bits per heavy atom. The molecule has 0 fully saturated rings. The first-order valence-electron chi connectivity index (χ1n) is 9.61. The first-order valence-corrected chi connectivity index (χ1v) is 11.2. The van der Waals surface area contributed by atoms with E-state index in [2.05, 4.69) is 36.8 Å². The maximum atomic E-state index is 11.0. The van der Waals surface area contributed by atoms with Crippen molar-refractivity contribution < 1.29 is 24.2 Å². The number of rotatable bonds is 6. The molecule has 1 aliphatic rings. The highest BCUT2D eigenvalue weighted by Gasteiger charge is 2.16. The summed E-state index contributed by atoms with van der Waals surface area (Å²) < 4.78 is 12.8. The van der Waals surface area contributed by atoms with Crippen LogP contribution in [0.4, 0.5) is 0 Å². The Morgan fingerprint density at radius 3 is 2.69 bits per heavy atom. The van der Waals surface area contributed by atoms with E-state index in [0.29, 0.717) is 37.3 Å². The molecule has 0 saturated heterocycles. The monoisotopic (exact) mass is 557 g/mol. The van der Waals surface area contributed by atoms with Gasteiger partial charge in [0.25, 0.3) is 0 Å². The third kappa shape index (κ3) is 5.03. The van der Waals surface area contributed by atoms with Crippen LogP contribution in [0.5, 0.6) is 17.2 Å². The zero-order chi connectivity index (χ0) is 22.7. The van der Waals surface area contributed by atoms with Crippen molar-refractivity contribution in [2.45, 2.75) is 12.8 Å². The van der Waals surface area contributed by atoms with Crippen LogP contribution in [0.3, 0.4) is 0 Å². The van der Waals surface area contributed by atoms with Crippen LogP contribution < -0.4 is 4.74 Å². The molecule has 0 radical (unpaired) electrons. The average molecular weight is 559 g/mol. The number of benzene rings is 2. The summed E-state index contributed by atoms with van der Waals surface area (Å²) >= 11 is 6.86. The Labute approximate surface area is 200 Å². The fourth-order valence-corrected chi connectivity index (χ4v) is 4.58. The molecule has 0 amide bonds. The molecule has 0 aliphatic heterocycles. The van der Waals surface area contributed by atoms with Gasteiger partial charge in [-0.1, -0.05) is 30.4 Å². The van der Waals surface area contributed by atoms with Crippen molar-refractivity contribution in [3.8, 4) is 28.7 Å². The minimum absolute atomic E-state index is 0.00553. The van der Waals surface area contributed by atoms with Crippen molar-refractivity contribution in [2.75, 3.05) is 0 Å². The van der Waals surface area contributed by atoms with Crippen LogP contribution in [0.15, 0.2) is 80.3 Å². The minimum atomic E-state index is -0.919. The minimum Gasteiger partial charge on any atom is -0.507 e. The van der Waals surface area contributed by atoms with E-state index in [-0.39, 0.29) is 18.1 Å². The third-order valence-corrected chi connectivity index (χ3v) is 5.79. The molecule has 0 spiro atoms. The molecule has 0 unspecified atom stereocenters. The number of phenols is 1. The molecule has 0 saturated carbocycles. The number of carboxylic acids is 1. The molecule has 6 nitrogen and oxygen atoms in total. The topological polar surface area (TPSA) is 92.8 Å². The molecule has 1 aromatic heterocycles. The molecular formula is C24H17Br2NO5. The Bertz CT molecular complexity index is 1250. The van der Waals surface area contributed by atoms with Crippen LogP contribution in [0.2, 0.25) is 0 Å². The van der Waals surface area contributed by atoms with Gasteiger partial charge in [0.1, 0.15) is 23.5 Å². The lowest BCUT2D eigenvalue weighted by Crippen LogP contribution is -2.00. The summed E-state index contributed by atoms with van der Waals surface area (Å²) in [7, 11) is 0. The summed E-state index contributed by atoms with van der Waals surface area (Å²) in [6.07, 6.45) is 12.3. The Hall–Kier alpha value is -3.10. The highest BCUT2D eigenvalue weighted by molar-refractivity contribution is 9.11. The van der Waals surface area contributed by atoms with E-state index in [1.54, 1.807) is 30.5 Å². The van der Waals surface area contributed by atoms with Crippen molar-refractivity contribution in [1.29, 1.82) is 0 Å². The lowest BCUT2D eigenvalue weighted by Gasteiger charge is -2.12. The molecule has 0 atom stereocenters. The van der Waals surface area contributed by atoms with E-state index in [0.717, 1.165) is 12.0 Å². The Balaban J connectivity index is 1.63. The van der Waals surface area contributed by atoms with E-state index in [4.69, 9.17) is 14.3 Å². The summed E-state index contributed by atoms with van der Waals surface area (Å²) in [6.45, 7) is 0. The van der Waals surface area contributed by atoms with Crippen molar-refractivity contribution in [2.24, 2.45) is 0 Å². The molecule has 2 N–H and O–H groups in total. The molecule has 162 valence electrons. The van der Waals surface area contributed by atoms with Crippen molar-refractivity contribution in [3.63, 3.8) is 0 Å². The van der Waals surface area contributed by atoms with Gasteiger partial charge in [-0.25, -0.2) is 4.98 Å². The number of allylic oxidation sites excluding steroid dienone is 6. The highest BCUT2D eigenvalue weighted by Crippen LogP contribution is 2.40. The lowest BCUT2D eigenvalue weighted by molar-refractivity contribution is -0.136. The number of hydrogen-bond donors (Lipinski definition) is 2. The number of ether oxygens (including phenoxy) is 1. The maximum absolute atomic E-state index is 11.0. The van der Waals surface area contributed by atoms with Crippen LogP contribution in [0.1, 0.15) is 17.7 Å². The second-order valence-electron chi connectivity index (χ2n) is 6.97. The number of phenolic OH excluding ortho intramolecular Hbond substituents is 1. The van der Waals surface area contributed by atoms with Gasteiger partial charge in [-0.3, -0.25) is 4.79 Å². The van der Waals surface area contributed by atoms with Crippen molar-refractivity contribution in [3.05, 3.63) is 87.2 Å². The average Bonchev–Trinajstić information content (AvgIpc) is 3.06. The molecular weight excluding hydrogens is 542 g/mol. The molecule has 2 aromatic carbocycles. The number of aromatic nitrogens is 1. The fourth-order valence-electron chi connectivity index (χ4n) is 3.13. The van der Waals surface area contributed by atoms with E-state index in [1.807, 2.05) is 30.4 Å². The summed E-state index contributed by atoms with van der Waals surface area (Å²) in [5, 5.41) is 19.4. The quantitative estimate of drug-likeness (QED) is 0.342. The SMILES string of the molecule is O=C(O)Cc1cc(Br)c(Oc2ccc(O)c(-c3nc(C4=CC=CCC=C4)co3)c2)c(Br)c1. The van der Waals surface area contributed by atoms with E-state index < -0.39 is 5.97 Å². The number of aliphatic carboxylic acids is 1. The van der Waals surface area contributed by atoms with Gasteiger partial charge in [0, 0.05) is 5.57 Å². The zero-order valence-electron chi connectivity index (χ0n) is 16.6. The molecule has 4 rings (SSSR count). The predicted molar refractivity (Wildman–Crippen MR) is 128 cm³/mol. The smallest absolute Gasteiger partial charge is 0.307 e. The number of halogens is 2. The largest absolute Gasteiger partial charge is 0.507 e. The second-order valence-corrected chi connectivity index (χ2v) is 8.67. The summed E-state index contributed by atoms with van der Waals surface area (Å²) in [5.74, 6) is 0.273. The molecule has 1 heterocycles. The van der Waals surface area contributed by atoms with Crippen LogP contribution in [0, 0.1) is 0 Å². The molecule has 1 aliphatic carbocycles. The predicted octanol–water partition coefficient (Wildman–Crippen LogP) is 6.89. The van der Waals surface area contributed by atoms with Crippen LogP contribution >= 0.6 is 31.9 Å². The van der Waals surface area contributed by atoms with E-state index in [1.165, 1.54) is 6.07 Å². The van der Waals surface area contributed by atoms with Crippen LogP contribution in [-0.4, -0.2) is 21.2 Å². The lowest BCUT2D eigenvalue weighted by atomic mass is 10.1. The summed E-state index contributed by atoms with van der Waals surface area (Å²) in [6, 6.07) is 8.14. The fraction of sp³-hybridized carbons (Fsp3) is 0.0833. The Morgan fingerprint density at radius 1 is 1.16 bits per heavy atom. The Kier molecular flexibility index (Phi) is 6.62. The van der Waals surface area contributed by atoms with Gasteiger partial charge in [0.05, 0.1) is 20.9 Å². The van der Waals surface area contributed by atoms with Gasteiger partial charge < -0.3 is 19.4 Å². The van der Waals surface area contributed by atoms with Crippen molar-refractivity contribution in [1.82, 2.24) is 4.98 Å². The molecule has 8 heteroatoms. The molecule has 0 bridgehead atoms. The van der Waals surface area contributed by atoms with Crippen LogP contribution in [-0.2, 0) is 11.2 Å². The zero-order valence-corrected chi connectivity index (χ0v) is 19.8. The van der Waals surface area contributed by atoms with E-state index >= 15 is 0 Å². The number of carboxylic acid groups (broad SMARTS) is 1.